The van der Waals surface area contributed by atoms with Gasteiger partial charge in [-0.25, -0.2) is 13.8 Å². The molecule has 2 aliphatic carbocycles. The highest BCUT2D eigenvalue weighted by Gasteiger charge is 2.56. The summed E-state index contributed by atoms with van der Waals surface area (Å²) in [6.07, 6.45) is -2.33. The number of benzene rings is 2. The van der Waals surface area contributed by atoms with Gasteiger partial charge in [-0.3, -0.25) is 23.7 Å². The first-order valence-corrected chi connectivity index (χ1v) is 16.3. The maximum absolute atomic E-state index is 15.7. The van der Waals surface area contributed by atoms with Gasteiger partial charge >= 0.3 is 19.4 Å². The van der Waals surface area contributed by atoms with Gasteiger partial charge in [-0.15, -0.1) is 0 Å². The van der Waals surface area contributed by atoms with Crippen LogP contribution in [0.15, 0.2) is 64.3 Å². The molecule has 1 unspecified atom stereocenters. The fourth-order valence-electron chi connectivity index (χ4n) is 6.14. The van der Waals surface area contributed by atoms with E-state index in [1.807, 2.05) is 29.2 Å². The molecule has 6 rings (SSSR count). The number of esters is 1. The van der Waals surface area contributed by atoms with Gasteiger partial charge in [0.25, 0.3) is 5.56 Å². The number of nitrogens with one attached hydrogen (secondary N) is 2. The first-order chi connectivity index (χ1) is 21.2. The monoisotopic (exact) mass is 643 g/mol. The molecular formula is C31H35FN3O9P. The maximum Gasteiger partial charge on any atom is 0.459 e. The van der Waals surface area contributed by atoms with Crippen LogP contribution in [0, 0.1) is 0 Å². The number of hydrogen-bond acceptors (Lipinski definition) is 9. The van der Waals surface area contributed by atoms with Crippen LogP contribution in [0.1, 0.15) is 57.9 Å². The minimum atomic E-state index is -4.42. The molecule has 3 N–H and O–H groups in total. The van der Waals surface area contributed by atoms with E-state index in [2.05, 4.69) is 17.2 Å². The summed E-state index contributed by atoms with van der Waals surface area (Å²) in [5.74, 6) is -0.487. The van der Waals surface area contributed by atoms with Crippen molar-refractivity contribution in [3.8, 4) is 16.9 Å². The number of aliphatic hydroxyl groups excluding tert-OH is 1. The normalized spacial score (nSPS) is 26.2. The Balaban J connectivity index is 1.26. The van der Waals surface area contributed by atoms with E-state index in [0.717, 1.165) is 53.3 Å². The lowest BCUT2D eigenvalue weighted by molar-refractivity contribution is -0.149. The Morgan fingerprint density at radius 2 is 1.87 bits per heavy atom. The van der Waals surface area contributed by atoms with Gasteiger partial charge in [0.2, 0.25) is 0 Å². The van der Waals surface area contributed by atoms with E-state index in [1.54, 1.807) is 19.9 Å². The van der Waals surface area contributed by atoms with Crippen LogP contribution < -0.4 is 20.9 Å². The van der Waals surface area contributed by atoms with Crippen LogP contribution in [-0.4, -0.2) is 57.3 Å². The summed E-state index contributed by atoms with van der Waals surface area (Å²) in [6, 6.07) is 13.4. The third kappa shape index (κ3) is 5.68. The molecule has 0 radical (unpaired) electrons. The molecule has 240 valence electrons. The lowest BCUT2D eigenvalue weighted by Crippen LogP contribution is -2.43. The number of halogens is 1. The second-order valence-electron chi connectivity index (χ2n) is 12.2. The summed E-state index contributed by atoms with van der Waals surface area (Å²) in [5.41, 5.74) is 0.196. The molecule has 1 spiro atoms. The van der Waals surface area contributed by atoms with E-state index in [0.29, 0.717) is 0 Å². The smallest absolute Gasteiger partial charge is 0.459 e. The minimum absolute atomic E-state index is 0.139. The van der Waals surface area contributed by atoms with Crippen LogP contribution >= 0.6 is 7.75 Å². The summed E-state index contributed by atoms with van der Waals surface area (Å²) >= 11 is 0. The van der Waals surface area contributed by atoms with Crippen LogP contribution in [0.4, 0.5) is 4.39 Å². The van der Waals surface area contributed by atoms with Crippen molar-refractivity contribution < 1.29 is 37.4 Å². The van der Waals surface area contributed by atoms with Crippen molar-refractivity contribution in [3.05, 3.63) is 86.7 Å². The van der Waals surface area contributed by atoms with Crippen molar-refractivity contribution >= 4 is 13.7 Å². The third-order valence-corrected chi connectivity index (χ3v) is 10.1. The molecule has 1 aliphatic heterocycles. The van der Waals surface area contributed by atoms with Gasteiger partial charge in [-0.05, 0) is 74.9 Å². The molecule has 2 heterocycles. The standard InChI is InChI=1S/C31H35FN3O9P/c1-17(2)42-27(38)18(3)34-45(40,41-16-24-26(37)30(4,32)28(43-24)35-14-11-25(36)33-29(35)39)44-19-9-10-21-20-7-5-6-8-22(20)31(12-13-31)23(21)15-19/h5-11,14-15,17-18,24,26,28,37H,12-13,16H2,1-4H3,(H,34,40)(H,33,36,39)/t18-,24+,26+,28+,30+,45?/m0/s1. The Labute approximate surface area is 258 Å². The summed E-state index contributed by atoms with van der Waals surface area (Å²) < 4.78 is 53.4. The van der Waals surface area contributed by atoms with Gasteiger partial charge in [0.1, 0.15) is 24.0 Å². The molecule has 3 aliphatic rings. The first-order valence-electron chi connectivity index (χ1n) is 14.7. The Bertz CT molecular complexity index is 1800. The number of hydrogen-bond donors (Lipinski definition) is 3. The first kappa shape index (κ1) is 31.4. The molecular weight excluding hydrogens is 608 g/mol. The van der Waals surface area contributed by atoms with E-state index in [-0.39, 0.29) is 11.2 Å². The van der Waals surface area contributed by atoms with Gasteiger partial charge in [0, 0.05) is 17.7 Å². The zero-order valence-corrected chi connectivity index (χ0v) is 26.1. The Morgan fingerprint density at radius 1 is 1.16 bits per heavy atom. The molecule has 45 heavy (non-hydrogen) atoms. The fraction of sp³-hybridized carbons (Fsp3) is 0.452. The van der Waals surface area contributed by atoms with Gasteiger partial charge in [0.05, 0.1) is 12.7 Å². The molecule has 0 amide bonds. The molecule has 12 nitrogen and oxygen atoms in total. The number of fused-ring (bicyclic) bond motifs is 5. The molecule has 3 aromatic rings. The van der Waals surface area contributed by atoms with Crippen molar-refractivity contribution in [1.29, 1.82) is 0 Å². The molecule has 14 heteroatoms. The molecule has 6 atom stereocenters. The summed E-state index contributed by atoms with van der Waals surface area (Å²) in [5, 5.41) is 13.4. The Hall–Kier alpha value is -3.61. The quantitative estimate of drug-likeness (QED) is 0.220. The highest BCUT2D eigenvalue weighted by Crippen LogP contribution is 2.63. The van der Waals surface area contributed by atoms with Gasteiger partial charge in [-0.1, -0.05) is 30.3 Å². The topological polar surface area (TPSA) is 158 Å². The highest BCUT2D eigenvalue weighted by atomic mass is 31.2. The lowest BCUT2D eigenvalue weighted by atomic mass is 9.94. The number of ether oxygens (including phenoxy) is 2. The molecule has 2 aromatic carbocycles. The van der Waals surface area contributed by atoms with Crippen LogP contribution in [0.5, 0.6) is 5.75 Å². The number of aromatic amines is 1. The number of carbonyl (C=O) groups excluding carboxylic acids is 1. The maximum atomic E-state index is 15.7. The molecule has 2 fully saturated rings. The number of rotatable bonds is 10. The second kappa shape index (κ2) is 11.3. The summed E-state index contributed by atoms with van der Waals surface area (Å²) in [6.45, 7) is 5.16. The van der Waals surface area contributed by atoms with Crippen molar-refractivity contribution in [3.63, 3.8) is 0 Å². The van der Waals surface area contributed by atoms with Crippen LogP contribution in [-0.2, 0) is 28.8 Å². The van der Waals surface area contributed by atoms with Crippen molar-refractivity contribution in [2.45, 2.75) is 82.2 Å². The molecule has 0 bridgehead atoms. The van der Waals surface area contributed by atoms with Crippen LogP contribution in [0.25, 0.3) is 11.1 Å². The van der Waals surface area contributed by atoms with Crippen molar-refractivity contribution in [1.82, 2.24) is 14.6 Å². The van der Waals surface area contributed by atoms with E-state index in [1.165, 1.54) is 12.5 Å². The summed E-state index contributed by atoms with van der Waals surface area (Å²) in [4.78, 5) is 38.5. The van der Waals surface area contributed by atoms with E-state index in [4.69, 9.17) is 18.5 Å². The van der Waals surface area contributed by atoms with E-state index in [9.17, 15) is 24.1 Å². The summed E-state index contributed by atoms with van der Waals surface area (Å²) in [7, 11) is -4.42. The van der Waals surface area contributed by atoms with Gasteiger partial charge in [-0.2, -0.15) is 5.09 Å². The fourth-order valence-corrected chi connectivity index (χ4v) is 7.64. The number of aliphatic hydroxyl groups is 1. The zero-order chi connectivity index (χ0) is 32.3. The lowest BCUT2D eigenvalue weighted by Gasteiger charge is -2.26. The number of aromatic nitrogens is 2. The number of nitrogens with zero attached hydrogens (tertiary/aromatic N) is 1. The average Bonchev–Trinajstić information content (AvgIpc) is 3.69. The van der Waals surface area contributed by atoms with E-state index < -0.39 is 67.8 Å². The van der Waals surface area contributed by atoms with Crippen LogP contribution in [0.2, 0.25) is 0 Å². The Morgan fingerprint density at radius 3 is 2.56 bits per heavy atom. The largest absolute Gasteiger partial charge is 0.462 e. The molecule has 1 aromatic heterocycles. The zero-order valence-electron chi connectivity index (χ0n) is 25.2. The van der Waals surface area contributed by atoms with Crippen molar-refractivity contribution in [2.75, 3.05) is 6.61 Å². The number of H-pyrrole nitrogens is 1. The van der Waals surface area contributed by atoms with Gasteiger partial charge < -0.3 is 19.1 Å². The van der Waals surface area contributed by atoms with Crippen LogP contribution in [0.3, 0.4) is 0 Å². The SMILES string of the molecule is CC(C)OC(=O)[C@H](C)NP(=O)(OC[C@H]1O[C@@H](n2ccc(=O)[nH]c2=O)[C@](C)(F)[C@@H]1O)Oc1ccc2c(c1)C1(CC1)c1ccccc1-2. The van der Waals surface area contributed by atoms with Crippen molar-refractivity contribution in [2.24, 2.45) is 0 Å². The third-order valence-electron chi connectivity index (χ3n) is 8.50. The van der Waals surface area contributed by atoms with E-state index >= 15 is 4.39 Å². The number of alkyl halides is 1. The number of carbonyl (C=O) groups is 1. The Kier molecular flexibility index (Phi) is 7.90. The average molecular weight is 644 g/mol. The predicted molar refractivity (Wildman–Crippen MR) is 161 cm³/mol. The minimum Gasteiger partial charge on any atom is -0.462 e. The highest BCUT2D eigenvalue weighted by molar-refractivity contribution is 7.52. The van der Waals surface area contributed by atoms with Gasteiger partial charge in [0.15, 0.2) is 11.9 Å². The predicted octanol–water partition coefficient (Wildman–Crippen LogP) is 3.72. The molecule has 1 saturated heterocycles. The second-order valence-corrected chi connectivity index (χ2v) is 13.9. The molecule has 1 saturated carbocycles.